The molecule has 1 heteroatoms. The lowest BCUT2D eigenvalue weighted by atomic mass is 9.84. The summed E-state index contributed by atoms with van der Waals surface area (Å²) >= 11 is 0. The Morgan fingerprint density at radius 2 is 0.800 bits per heavy atom. The lowest BCUT2D eigenvalue weighted by molar-refractivity contribution is 0.114. The van der Waals surface area contributed by atoms with E-state index in [1.807, 2.05) is 0 Å². The highest BCUT2D eigenvalue weighted by Gasteiger charge is 2.45. The zero-order valence-electron chi connectivity index (χ0n) is 16.2. The first-order valence-corrected chi connectivity index (χ1v) is 12.0. The minimum Gasteiger partial charge on any atom is -0.302 e. The molecule has 0 aromatic rings. The second-order valence-corrected chi connectivity index (χ2v) is 11.5. The van der Waals surface area contributed by atoms with E-state index in [4.69, 9.17) is 0 Å². The van der Waals surface area contributed by atoms with Crippen LogP contribution in [0.15, 0.2) is 0 Å². The van der Waals surface area contributed by atoms with Gasteiger partial charge < -0.3 is 4.90 Å². The molecule has 6 fully saturated rings. The molecule has 1 nitrogen and oxygen atoms in total. The van der Waals surface area contributed by atoms with Crippen molar-refractivity contribution in [3.63, 3.8) is 0 Å². The molecule has 0 aliphatic heterocycles. The minimum absolute atomic E-state index is 1.08. The highest BCUT2D eigenvalue weighted by Crippen LogP contribution is 2.52. The van der Waals surface area contributed by atoms with Crippen LogP contribution in [0, 0.1) is 53.3 Å². The van der Waals surface area contributed by atoms with Gasteiger partial charge in [0.1, 0.15) is 0 Å². The summed E-state index contributed by atoms with van der Waals surface area (Å²) in [5.74, 6) is 9.97. The molecule has 0 heterocycles. The monoisotopic (exact) mass is 341 g/mol. The van der Waals surface area contributed by atoms with Gasteiger partial charge in [-0.05, 0) is 111 Å². The Bertz CT molecular complexity index is 429. The summed E-state index contributed by atoms with van der Waals surface area (Å²) in [7, 11) is 0. The molecule has 9 atom stereocenters. The molecule has 6 rings (SSSR count). The number of rotatable bonds is 6. The molecule has 9 unspecified atom stereocenters. The highest BCUT2D eigenvalue weighted by atomic mass is 15.1. The molecule has 25 heavy (non-hydrogen) atoms. The van der Waals surface area contributed by atoms with Crippen LogP contribution < -0.4 is 0 Å². The summed E-state index contributed by atoms with van der Waals surface area (Å²) in [4.78, 5) is 3.06. The summed E-state index contributed by atoms with van der Waals surface area (Å²) in [5, 5.41) is 0. The van der Waals surface area contributed by atoms with Crippen LogP contribution >= 0.6 is 0 Å². The Hall–Kier alpha value is -0.0400. The van der Waals surface area contributed by atoms with Gasteiger partial charge >= 0.3 is 0 Å². The van der Waals surface area contributed by atoms with Crippen molar-refractivity contribution in [1.82, 2.24) is 4.90 Å². The third-order valence-corrected chi connectivity index (χ3v) is 10.1. The van der Waals surface area contributed by atoms with E-state index in [1.54, 1.807) is 77.0 Å². The Kier molecular flexibility index (Phi) is 3.99. The fourth-order valence-corrected chi connectivity index (χ4v) is 9.02. The smallest absolute Gasteiger partial charge is 0.00126 e. The molecule has 0 radical (unpaired) electrons. The molecule has 140 valence electrons. The molecule has 6 aliphatic carbocycles. The van der Waals surface area contributed by atoms with Gasteiger partial charge in [-0.2, -0.15) is 0 Å². The van der Waals surface area contributed by atoms with Crippen molar-refractivity contribution in [1.29, 1.82) is 0 Å². The van der Waals surface area contributed by atoms with Crippen LogP contribution in [0.5, 0.6) is 0 Å². The quantitative estimate of drug-likeness (QED) is 0.608. The summed E-state index contributed by atoms with van der Waals surface area (Å²) in [6, 6.07) is 0. The fraction of sp³-hybridized carbons (Fsp3) is 1.00. The van der Waals surface area contributed by atoms with Crippen molar-refractivity contribution in [3.8, 4) is 0 Å². The molecule has 0 saturated heterocycles. The van der Waals surface area contributed by atoms with Gasteiger partial charge in [-0.1, -0.05) is 19.3 Å². The summed E-state index contributed by atoms with van der Waals surface area (Å²) < 4.78 is 0. The van der Waals surface area contributed by atoms with Gasteiger partial charge in [0.2, 0.25) is 0 Å². The van der Waals surface area contributed by atoms with Gasteiger partial charge in [0.25, 0.3) is 0 Å². The minimum atomic E-state index is 1.08. The standard InChI is InChI=1S/C24H39N/c1-4-19-7-16(1)10-22(19)13-25(14-23-11-17-2-5-20(23)8-17)15-24-12-18-3-6-21(24)9-18/h16-24H,1-15H2. The average Bonchev–Trinajstić information content (AvgIpc) is 3.40. The van der Waals surface area contributed by atoms with Crippen LogP contribution in [-0.4, -0.2) is 24.5 Å². The first-order chi connectivity index (χ1) is 12.3. The molecule has 0 amide bonds. The second-order valence-electron chi connectivity index (χ2n) is 11.5. The van der Waals surface area contributed by atoms with E-state index in [9.17, 15) is 0 Å². The maximum Gasteiger partial charge on any atom is 0.00126 e. The van der Waals surface area contributed by atoms with E-state index >= 15 is 0 Å². The van der Waals surface area contributed by atoms with Gasteiger partial charge in [0.15, 0.2) is 0 Å². The third-order valence-electron chi connectivity index (χ3n) is 10.1. The van der Waals surface area contributed by atoms with Crippen molar-refractivity contribution in [2.75, 3.05) is 19.6 Å². The van der Waals surface area contributed by atoms with Crippen LogP contribution in [-0.2, 0) is 0 Å². The largest absolute Gasteiger partial charge is 0.302 e. The molecular weight excluding hydrogens is 302 g/mol. The third kappa shape index (κ3) is 2.91. The predicted octanol–water partition coefficient (Wildman–Crippen LogP) is 5.60. The van der Waals surface area contributed by atoms with Gasteiger partial charge in [0.05, 0.1) is 0 Å². The molecular formula is C24H39N. The van der Waals surface area contributed by atoms with Crippen molar-refractivity contribution in [2.45, 2.75) is 77.0 Å². The Morgan fingerprint density at radius 1 is 0.440 bits per heavy atom. The molecule has 0 aromatic carbocycles. The lowest BCUT2D eigenvalue weighted by Crippen LogP contribution is -2.40. The summed E-state index contributed by atoms with van der Waals surface area (Å²) in [6.45, 7) is 4.47. The van der Waals surface area contributed by atoms with E-state index in [0.717, 1.165) is 53.3 Å². The summed E-state index contributed by atoms with van der Waals surface area (Å²) in [5.41, 5.74) is 0. The van der Waals surface area contributed by atoms with Crippen molar-refractivity contribution in [3.05, 3.63) is 0 Å². The molecule has 0 spiro atoms. The Morgan fingerprint density at radius 3 is 1.04 bits per heavy atom. The van der Waals surface area contributed by atoms with Crippen molar-refractivity contribution in [2.24, 2.45) is 53.3 Å². The highest BCUT2D eigenvalue weighted by molar-refractivity contribution is 4.96. The van der Waals surface area contributed by atoms with Crippen LogP contribution in [0.2, 0.25) is 0 Å². The zero-order chi connectivity index (χ0) is 16.4. The van der Waals surface area contributed by atoms with Crippen LogP contribution in [0.25, 0.3) is 0 Å². The predicted molar refractivity (Wildman–Crippen MR) is 103 cm³/mol. The number of fused-ring (bicyclic) bond motifs is 6. The Labute approximate surface area is 155 Å². The normalized spacial score (nSPS) is 52.9. The van der Waals surface area contributed by atoms with E-state index in [-0.39, 0.29) is 0 Å². The first-order valence-electron chi connectivity index (χ1n) is 12.0. The number of hydrogen-bond donors (Lipinski definition) is 0. The zero-order valence-corrected chi connectivity index (χ0v) is 16.2. The summed E-state index contributed by atoms with van der Waals surface area (Å²) in [6.07, 6.45) is 19.0. The van der Waals surface area contributed by atoms with Crippen LogP contribution in [0.3, 0.4) is 0 Å². The first kappa shape index (κ1) is 16.0. The van der Waals surface area contributed by atoms with Crippen molar-refractivity contribution < 1.29 is 0 Å². The second kappa shape index (κ2) is 6.25. The van der Waals surface area contributed by atoms with E-state index < -0.39 is 0 Å². The lowest BCUT2D eigenvalue weighted by Gasteiger charge is -2.37. The maximum absolute atomic E-state index is 3.06. The van der Waals surface area contributed by atoms with Crippen LogP contribution in [0.4, 0.5) is 0 Å². The molecule has 0 aromatic heterocycles. The number of nitrogens with zero attached hydrogens (tertiary/aromatic N) is 1. The maximum atomic E-state index is 3.06. The van der Waals surface area contributed by atoms with Crippen LogP contribution in [0.1, 0.15) is 77.0 Å². The molecule has 6 saturated carbocycles. The molecule has 6 aliphatic rings. The van der Waals surface area contributed by atoms with E-state index in [2.05, 4.69) is 4.90 Å². The van der Waals surface area contributed by atoms with Gasteiger partial charge in [0, 0.05) is 19.6 Å². The SMILES string of the molecule is C1CC2CC1CC2CN(CC1CC2CCC1C2)CC1CC2CCC1C2. The van der Waals surface area contributed by atoms with Gasteiger partial charge in [-0.15, -0.1) is 0 Å². The Balaban J connectivity index is 1.13. The van der Waals surface area contributed by atoms with Crippen molar-refractivity contribution >= 4 is 0 Å². The fourth-order valence-electron chi connectivity index (χ4n) is 9.02. The van der Waals surface area contributed by atoms with Gasteiger partial charge in [-0.3, -0.25) is 0 Å². The van der Waals surface area contributed by atoms with Gasteiger partial charge in [-0.25, -0.2) is 0 Å². The topological polar surface area (TPSA) is 3.24 Å². The van der Waals surface area contributed by atoms with E-state index in [1.165, 1.54) is 19.6 Å². The number of hydrogen-bond acceptors (Lipinski definition) is 1. The van der Waals surface area contributed by atoms with E-state index in [0.29, 0.717) is 0 Å². The average molecular weight is 342 g/mol. The molecule has 6 bridgehead atoms. The molecule has 0 N–H and O–H groups in total.